The molecule has 33 heavy (non-hydrogen) atoms. The van der Waals surface area contributed by atoms with E-state index in [1.165, 1.54) is 0 Å². The molecule has 168 valence electrons. The van der Waals surface area contributed by atoms with Crippen molar-refractivity contribution in [1.29, 1.82) is 0 Å². The van der Waals surface area contributed by atoms with Crippen LogP contribution in [0.25, 0.3) is 22.6 Å². The van der Waals surface area contributed by atoms with Crippen LogP contribution >= 0.6 is 0 Å². The zero-order chi connectivity index (χ0) is 22.5. The smallest absolute Gasteiger partial charge is 0.0160 e. The summed E-state index contributed by atoms with van der Waals surface area (Å²) < 4.78 is 3.73. The molecule has 5 rings (SSSR count). The van der Waals surface area contributed by atoms with Gasteiger partial charge in [0.25, 0.3) is 0 Å². The van der Waals surface area contributed by atoms with E-state index in [0.29, 0.717) is 0 Å². The second-order valence-corrected chi connectivity index (χ2v) is 7.63. The largest absolute Gasteiger partial charge is 0.305 e. The van der Waals surface area contributed by atoms with E-state index in [1.54, 1.807) is 6.20 Å². The van der Waals surface area contributed by atoms with Gasteiger partial charge in [0, 0.05) is 18.6 Å². The summed E-state index contributed by atoms with van der Waals surface area (Å²) in [6.45, 7) is 8.12. The molecule has 0 amide bonds. The van der Waals surface area contributed by atoms with Gasteiger partial charge >= 0.3 is 20.1 Å². The van der Waals surface area contributed by atoms with Gasteiger partial charge in [-0.05, 0) is 49.1 Å². The van der Waals surface area contributed by atoms with Crippen LogP contribution in [0.3, 0.4) is 0 Å². The Kier molecular flexibility index (Phi) is 8.10. The quantitative estimate of drug-likeness (QED) is 0.258. The molecule has 1 radical (unpaired) electrons. The van der Waals surface area contributed by atoms with Crippen LogP contribution in [0.4, 0.5) is 0 Å². The van der Waals surface area contributed by atoms with Crippen molar-refractivity contribution in [2.75, 3.05) is 0 Å². The van der Waals surface area contributed by atoms with E-state index in [-0.39, 0.29) is 20.1 Å². The van der Waals surface area contributed by atoms with Crippen molar-refractivity contribution in [2.24, 2.45) is 0 Å². The fraction of sp³-hybridized carbons (Fsp3) is 0.148. The average molecular weight is 613 g/mol. The molecule has 0 aliphatic heterocycles. The number of benzene rings is 2. The number of pyridine rings is 1. The Labute approximate surface area is 208 Å². The van der Waals surface area contributed by atoms with Gasteiger partial charge in [-0.3, -0.25) is 9.36 Å². The predicted octanol–water partition coefficient (Wildman–Crippen LogP) is 5.37. The summed E-state index contributed by atoms with van der Waals surface area (Å²) in [6.07, 6.45) is 5.71. The number of rotatable bonds is 3. The molecule has 3 aromatic heterocycles. The van der Waals surface area contributed by atoms with E-state index in [2.05, 4.69) is 47.2 Å². The Hall–Kier alpha value is -3.34. The predicted molar refractivity (Wildman–Crippen MR) is 128 cm³/mol. The summed E-state index contributed by atoms with van der Waals surface area (Å²) in [5.41, 5.74) is 8.23. The Morgan fingerprint density at radius 1 is 0.727 bits per heavy atom. The summed E-state index contributed by atoms with van der Waals surface area (Å²) in [4.78, 5) is 4.22. The van der Waals surface area contributed by atoms with Gasteiger partial charge in [0.1, 0.15) is 0 Å². The molecule has 2 aromatic carbocycles. The maximum atomic E-state index is 4.47. The minimum absolute atomic E-state index is 0. The first-order valence-corrected chi connectivity index (χ1v) is 10.5. The van der Waals surface area contributed by atoms with Crippen LogP contribution in [0, 0.1) is 39.8 Å². The third kappa shape index (κ3) is 5.92. The minimum Gasteiger partial charge on any atom is -0.305 e. The molecule has 6 heteroatoms. The van der Waals surface area contributed by atoms with Gasteiger partial charge in [0.15, 0.2) is 0 Å². The van der Waals surface area contributed by atoms with Gasteiger partial charge in [0.05, 0.1) is 11.4 Å². The van der Waals surface area contributed by atoms with Crippen molar-refractivity contribution >= 4 is 0 Å². The molecule has 0 saturated carbocycles. The van der Waals surface area contributed by atoms with E-state index in [1.807, 2.05) is 90.2 Å². The fourth-order valence-electron chi connectivity index (χ4n) is 3.40. The van der Waals surface area contributed by atoms with Crippen LogP contribution in [0.5, 0.6) is 0 Å². The SMILES string of the molecule is Cc1ccn(-c2[c-]c(-n3ccc(C)n3)c(C)cc2C)n1.[IrH+2].[c-]1ccccc1-c1ccccn1. The Morgan fingerprint density at radius 2 is 1.33 bits per heavy atom. The number of nitrogens with zero attached hydrogens (tertiary/aromatic N) is 5. The summed E-state index contributed by atoms with van der Waals surface area (Å²) in [6, 6.07) is 26.4. The van der Waals surface area contributed by atoms with Crippen molar-refractivity contribution in [1.82, 2.24) is 24.5 Å². The first kappa shape index (κ1) is 24.3. The van der Waals surface area contributed by atoms with Crippen LogP contribution in [0.1, 0.15) is 22.5 Å². The first-order valence-electron chi connectivity index (χ1n) is 10.5. The van der Waals surface area contributed by atoms with E-state index >= 15 is 0 Å². The molecule has 0 aliphatic carbocycles. The van der Waals surface area contributed by atoms with Crippen LogP contribution in [0.15, 0.2) is 79.3 Å². The normalized spacial score (nSPS) is 10.2. The molecule has 3 heterocycles. The second-order valence-electron chi connectivity index (χ2n) is 7.63. The topological polar surface area (TPSA) is 48.5 Å². The molecule has 5 nitrogen and oxygen atoms in total. The third-order valence-corrected chi connectivity index (χ3v) is 4.97. The van der Waals surface area contributed by atoms with E-state index in [0.717, 1.165) is 45.1 Å². The summed E-state index contributed by atoms with van der Waals surface area (Å²) in [5, 5.41) is 8.93. The van der Waals surface area contributed by atoms with E-state index in [4.69, 9.17) is 0 Å². The number of hydrogen-bond donors (Lipinski definition) is 0. The van der Waals surface area contributed by atoms with Crippen LogP contribution in [-0.2, 0) is 20.1 Å². The zero-order valence-corrected chi connectivity index (χ0v) is 21.6. The molecule has 0 N–H and O–H groups in total. The molecule has 0 saturated heterocycles. The Morgan fingerprint density at radius 3 is 1.79 bits per heavy atom. The Bertz CT molecular complexity index is 1210. The standard InChI is InChI=1S/C16H17N4.C11H8N.Ir.H/c1-11-9-12(2)16(20-8-6-14(4)18-20)10-15(11)19-7-5-13(3)17-19;1-2-6-10(7-3-1)11-8-4-5-9-12-11;;/h5-9H,1-4H3;1-6,8-9H;;/q2*-1;+2;. The van der Waals surface area contributed by atoms with Gasteiger partial charge in [-0.25, -0.2) is 0 Å². The van der Waals surface area contributed by atoms with Crippen LogP contribution in [-0.4, -0.2) is 24.5 Å². The minimum atomic E-state index is 0. The second kappa shape index (κ2) is 11.0. The van der Waals surface area contributed by atoms with Crippen molar-refractivity contribution in [3.8, 4) is 22.6 Å². The maximum Gasteiger partial charge on any atom is 0.0160 e. The molecule has 0 atom stereocenters. The molecule has 5 aromatic rings. The van der Waals surface area contributed by atoms with Crippen molar-refractivity contribution in [3.05, 3.63) is 114 Å². The van der Waals surface area contributed by atoms with Gasteiger partial charge in [-0.2, -0.15) is 16.3 Å². The Balaban J connectivity index is 0.000000202. The fourth-order valence-corrected chi connectivity index (χ4v) is 3.40. The molecule has 0 bridgehead atoms. The zero-order valence-electron chi connectivity index (χ0n) is 19.1. The first-order chi connectivity index (χ1) is 15.5. The third-order valence-electron chi connectivity index (χ3n) is 4.97. The molecule has 0 fully saturated rings. The summed E-state index contributed by atoms with van der Waals surface area (Å²) in [5.74, 6) is 0. The average Bonchev–Trinajstić information content (AvgIpc) is 3.44. The van der Waals surface area contributed by atoms with Crippen LogP contribution < -0.4 is 0 Å². The van der Waals surface area contributed by atoms with Gasteiger partial charge in [-0.1, -0.05) is 26.0 Å². The molecule has 0 unspecified atom stereocenters. The molecular formula is C27H26IrN5. The van der Waals surface area contributed by atoms with Crippen molar-refractivity contribution in [3.63, 3.8) is 0 Å². The molecular weight excluding hydrogens is 587 g/mol. The maximum absolute atomic E-state index is 4.47. The van der Waals surface area contributed by atoms with Gasteiger partial charge in [-0.15, -0.1) is 53.1 Å². The van der Waals surface area contributed by atoms with Gasteiger partial charge in [0.2, 0.25) is 0 Å². The van der Waals surface area contributed by atoms with Crippen molar-refractivity contribution in [2.45, 2.75) is 27.7 Å². The monoisotopic (exact) mass is 613 g/mol. The van der Waals surface area contributed by atoms with Gasteiger partial charge < -0.3 is 4.98 Å². The van der Waals surface area contributed by atoms with E-state index in [9.17, 15) is 0 Å². The summed E-state index contributed by atoms with van der Waals surface area (Å²) in [7, 11) is 0. The van der Waals surface area contributed by atoms with E-state index < -0.39 is 0 Å². The number of aromatic nitrogens is 5. The molecule has 0 aliphatic rings. The van der Waals surface area contributed by atoms with Crippen molar-refractivity contribution < 1.29 is 20.1 Å². The number of aryl methyl sites for hydroxylation is 4. The number of hydrogen-bond acceptors (Lipinski definition) is 3. The molecule has 0 spiro atoms. The van der Waals surface area contributed by atoms with Crippen LogP contribution in [0.2, 0.25) is 0 Å². The summed E-state index contributed by atoms with van der Waals surface area (Å²) >= 11 is 0.